The van der Waals surface area contributed by atoms with Gasteiger partial charge in [0.25, 0.3) is 0 Å². The summed E-state index contributed by atoms with van der Waals surface area (Å²) in [6.45, 7) is 6.95. The van der Waals surface area contributed by atoms with Crippen molar-refractivity contribution in [2.45, 2.75) is 46.2 Å². The number of aromatic nitrogens is 4. The first-order valence-corrected chi connectivity index (χ1v) is 6.72. The average molecular weight is 257 g/mol. The third-order valence-electron chi connectivity index (χ3n) is 3.69. The highest BCUT2D eigenvalue weighted by Crippen LogP contribution is 2.19. The molecule has 5 nitrogen and oxygen atoms in total. The predicted molar refractivity (Wildman–Crippen MR) is 73.2 cm³/mol. The smallest absolute Gasteiger partial charge is 0.172 e. The predicted octanol–water partition coefficient (Wildman–Crippen LogP) is 1.84. The van der Waals surface area contributed by atoms with Crippen molar-refractivity contribution in [3.8, 4) is 5.82 Å². The quantitative estimate of drug-likeness (QED) is 0.908. The lowest BCUT2D eigenvalue weighted by atomic mass is 10.2. The van der Waals surface area contributed by atoms with Crippen LogP contribution in [0.3, 0.4) is 0 Å². The minimum absolute atomic E-state index is 0.682. The summed E-state index contributed by atoms with van der Waals surface area (Å²) >= 11 is 0. The van der Waals surface area contributed by atoms with Crippen molar-refractivity contribution in [1.29, 1.82) is 0 Å². The molecule has 0 radical (unpaired) electrons. The molecule has 0 spiro atoms. The van der Waals surface area contributed by atoms with Gasteiger partial charge in [-0.2, -0.15) is 5.10 Å². The number of nitrogens with one attached hydrogen (secondary N) is 1. The molecule has 1 N–H and O–H groups in total. The van der Waals surface area contributed by atoms with Gasteiger partial charge in [0.15, 0.2) is 5.82 Å². The Kier molecular flexibility index (Phi) is 3.06. The Hall–Kier alpha value is -1.75. The Balaban J connectivity index is 1.86. The normalized spacial score (nSPS) is 14.9. The topological polar surface area (TPSA) is 55.6 Å². The van der Waals surface area contributed by atoms with Crippen LogP contribution in [-0.2, 0) is 6.54 Å². The van der Waals surface area contributed by atoms with E-state index in [0.29, 0.717) is 6.04 Å². The summed E-state index contributed by atoms with van der Waals surface area (Å²) in [6, 6.07) is 0.682. The Morgan fingerprint density at radius 2 is 2.05 bits per heavy atom. The molecule has 3 rings (SSSR count). The minimum Gasteiger partial charge on any atom is -0.308 e. The van der Waals surface area contributed by atoms with Crippen molar-refractivity contribution >= 4 is 0 Å². The monoisotopic (exact) mass is 257 g/mol. The van der Waals surface area contributed by atoms with Gasteiger partial charge in [0.2, 0.25) is 0 Å². The highest BCUT2D eigenvalue weighted by Gasteiger charge is 2.20. The second-order valence-electron chi connectivity index (χ2n) is 5.23. The Bertz CT molecular complexity index is 598. The zero-order chi connectivity index (χ0) is 13.4. The summed E-state index contributed by atoms with van der Waals surface area (Å²) in [5.41, 5.74) is 4.35. The van der Waals surface area contributed by atoms with Crippen LogP contribution in [0.25, 0.3) is 5.82 Å². The lowest BCUT2D eigenvalue weighted by Crippen LogP contribution is -2.17. The van der Waals surface area contributed by atoms with Gasteiger partial charge >= 0.3 is 0 Å². The van der Waals surface area contributed by atoms with Crippen molar-refractivity contribution < 1.29 is 0 Å². The molecule has 1 aliphatic carbocycles. The maximum atomic E-state index is 4.63. The number of hydrogen-bond donors (Lipinski definition) is 1. The van der Waals surface area contributed by atoms with E-state index < -0.39 is 0 Å². The van der Waals surface area contributed by atoms with Crippen molar-refractivity contribution in [3.05, 3.63) is 35.0 Å². The fourth-order valence-corrected chi connectivity index (χ4v) is 2.06. The lowest BCUT2D eigenvalue weighted by Gasteiger charge is -2.06. The van der Waals surface area contributed by atoms with Crippen LogP contribution in [0.1, 0.15) is 35.5 Å². The molecule has 0 bridgehead atoms. The number of aryl methyl sites for hydroxylation is 1. The van der Waals surface area contributed by atoms with Gasteiger partial charge < -0.3 is 5.32 Å². The van der Waals surface area contributed by atoms with Gasteiger partial charge in [-0.1, -0.05) is 0 Å². The first kappa shape index (κ1) is 12.3. The molecule has 19 heavy (non-hydrogen) atoms. The molecular formula is C14H19N5. The van der Waals surface area contributed by atoms with E-state index in [-0.39, 0.29) is 0 Å². The van der Waals surface area contributed by atoms with Crippen LogP contribution in [0.2, 0.25) is 0 Å². The van der Waals surface area contributed by atoms with E-state index in [1.165, 1.54) is 18.4 Å². The summed E-state index contributed by atoms with van der Waals surface area (Å²) in [7, 11) is 0. The summed E-state index contributed by atoms with van der Waals surface area (Å²) in [6.07, 6.45) is 6.14. The van der Waals surface area contributed by atoms with Crippen LogP contribution >= 0.6 is 0 Å². The fourth-order valence-electron chi connectivity index (χ4n) is 2.06. The van der Waals surface area contributed by atoms with Gasteiger partial charge in [0.05, 0.1) is 17.6 Å². The third-order valence-corrected chi connectivity index (χ3v) is 3.69. The highest BCUT2D eigenvalue weighted by molar-refractivity contribution is 5.30. The van der Waals surface area contributed by atoms with Crippen LogP contribution in [0.5, 0.6) is 0 Å². The fraction of sp³-hybridized carbons (Fsp3) is 0.500. The first-order valence-electron chi connectivity index (χ1n) is 6.72. The summed E-state index contributed by atoms with van der Waals surface area (Å²) in [5, 5.41) is 7.97. The Labute approximate surface area is 113 Å². The molecule has 0 amide bonds. The maximum Gasteiger partial charge on any atom is 0.172 e. The van der Waals surface area contributed by atoms with Gasteiger partial charge in [-0.25, -0.2) is 9.67 Å². The molecule has 0 aliphatic heterocycles. The van der Waals surface area contributed by atoms with Crippen molar-refractivity contribution in [3.63, 3.8) is 0 Å². The minimum atomic E-state index is 0.682. The van der Waals surface area contributed by atoms with Gasteiger partial charge in [-0.05, 0) is 39.2 Å². The van der Waals surface area contributed by atoms with Gasteiger partial charge in [-0.3, -0.25) is 4.98 Å². The van der Waals surface area contributed by atoms with E-state index in [9.17, 15) is 0 Å². The Morgan fingerprint density at radius 1 is 1.26 bits per heavy atom. The molecule has 2 heterocycles. The molecule has 1 fully saturated rings. The van der Waals surface area contributed by atoms with Gasteiger partial charge in [0.1, 0.15) is 0 Å². The third kappa shape index (κ3) is 2.51. The maximum absolute atomic E-state index is 4.63. The molecule has 1 saturated carbocycles. The molecule has 2 aromatic heterocycles. The molecule has 0 unspecified atom stereocenters. The molecular weight excluding hydrogens is 238 g/mol. The van der Waals surface area contributed by atoms with E-state index in [1.54, 1.807) is 6.20 Å². The number of hydrogen-bond acceptors (Lipinski definition) is 4. The largest absolute Gasteiger partial charge is 0.308 e. The van der Waals surface area contributed by atoms with Crippen molar-refractivity contribution in [1.82, 2.24) is 25.1 Å². The second kappa shape index (κ2) is 4.74. The second-order valence-corrected chi connectivity index (χ2v) is 5.23. The molecule has 2 aromatic rings. The highest BCUT2D eigenvalue weighted by atomic mass is 15.3. The molecule has 1 aliphatic rings. The van der Waals surface area contributed by atoms with E-state index in [2.05, 4.69) is 34.2 Å². The van der Waals surface area contributed by atoms with Crippen molar-refractivity contribution in [2.24, 2.45) is 0 Å². The van der Waals surface area contributed by atoms with E-state index >= 15 is 0 Å². The summed E-state index contributed by atoms with van der Waals surface area (Å²) in [4.78, 5) is 8.91. The standard InChI is InChI=1S/C14H19N5/c1-9-10(2)18-19(11(9)3)14-8-15-6-13(17-14)7-16-12-4-5-12/h6,8,12,16H,4-5,7H2,1-3H3. The molecule has 0 aromatic carbocycles. The lowest BCUT2D eigenvalue weighted by molar-refractivity contribution is 0.665. The molecule has 0 atom stereocenters. The van der Waals surface area contributed by atoms with Gasteiger partial charge in [0, 0.05) is 24.5 Å². The van der Waals surface area contributed by atoms with E-state index in [1.807, 2.05) is 17.8 Å². The van der Waals surface area contributed by atoms with Gasteiger partial charge in [-0.15, -0.1) is 0 Å². The first-order chi connectivity index (χ1) is 9.15. The zero-order valence-corrected chi connectivity index (χ0v) is 11.6. The van der Waals surface area contributed by atoms with Crippen LogP contribution in [0.4, 0.5) is 0 Å². The van der Waals surface area contributed by atoms with Crippen LogP contribution in [0, 0.1) is 20.8 Å². The van der Waals surface area contributed by atoms with E-state index in [0.717, 1.165) is 29.4 Å². The summed E-state index contributed by atoms with van der Waals surface area (Å²) < 4.78 is 1.87. The number of rotatable bonds is 4. The molecule has 100 valence electrons. The zero-order valence-electron chi connectivity index (χ0n) is 11.6. The van der Waals surface area contributed by atoms with Crippen LogP contribution < -0.4 is 5.32 Å². The Morgan fingerprint density at radius 3 is 2.68 bits per heavy atom. The van der Waals surface area contributed by atoms with Crippen LogP contribution in [0.15, 0.2) is 12.4 Å². The van der Waals surface area contributed by atoms with Crippen molar-refractivity contribution in [2.75, 3.05) is 0 Å². The van der Waals surface area contributed by atoms with Crippen LogP contribution in [-0.4, -0.2) is 25.8 Å². The molecule has 5 heteroatoms. The SMILES string of the molecule is Cc1nn(-c2cncc(CNC3CC3)n2)c(C)c1C. The molecule has 0 saturated heterocycles. The average Bonchev–Trinajstić information content (AvgIpc) is 3.21. The van der Waals surface area contributed by atoms with E-state index in [4.69, 9.17) is 0 Å². The summed E-state index contributed by atoms with van der Waals surface area (Å²) in [5.74, 6) is 0.795. The number of nitrogens with zero attached hydrogens (tertiary/aromatic N) is 4.